The smallest absolute Gasteiger partial charge is 0.462 e. The van der Waals surface area contributed by atoms with Crippen molar-refractivity contribution in [3.8, 4) is 0 Å². The van der Waals surface area contributed by atoms with Gasteiger partial charge in [-0.15, -0.1) is 0 Å². The Kier molecular flexibility index (Phi) is 37.8. The molecule has 0 amide bonds. The van der Waals surface area contributed by atoms with Crippen LogP contribution in [-0.4, -0.2) is 55.1 Å². The monoisotopic (exact) mass is 804 g/mol. The lowest BCUT2D eigenvalue weighted by Gasteiger charge is -2.19. The summed E-state index contributed by atoms with van der Waals surface area (Å²) in [6.45, 7) is 3.34. The van der Waals surface area contributed by atoms with Crippen LogP contribution in [0.4, 0.5) is 0 Å². The number of ether oxygens (including phenoxy) is 2. The van der Waals surface area contributed by atoms with Gasteiger partial charge in [-0.3, -0.25) is 23.4 Å². The van der Waals surface area contributed by atoms with Crippen molar-refractivity contribution in [3.63, 3.8) is 0 Å². The van der Waals surface area contributed by atoms with E-state index in [2.05, 4.69) is 74.6 Å². The van der Waals surface area contributed by atoms with Gasteiger partial charge in [-0.25, -0.2) is 4.57 Å². The van der Waals surface area contributed by atoms with Crippen molar-refractivity contribution in [1.82, 2.24) is 0 Å². The summed E-state index contributed by atoms with van der Waals surface area (Å²) in [6, 6.07) is 0. The SMILES string of the molecule is CCCCC/C=C\C/C=C\C/C=C\C=C\C(=O)CCCC(=O)O[C@H](COC(=O)CCCCCC/C=C\C/C=C\C/C=C\CCCCC)COP(=O)(O)OCCN. The number of unbranched alkanes of at least 4 members (excludes halogenated alkanes) is 10. The van der Waals surface area contributed by atoms with Gasteiger partial charge >= 0.3 is 19.8 Å². The summed E-state index contributed by atoms with van der Waals surface area (Å²) in [5.41, 5.74) is 5.32. The number of phosphoric ester groups is 1. The second kappa shape index (κ2) is 40.1. The highest BCUT2D eigenvalue weighted by atomic mass is 31.2. The van der Waals surface area contributed by atoms with Gasteiger partial charge in [0.05, 0.1) is 13.2 Å². The molecule has 0 spiro atoms. The molecule has 318 valence electrons. The number of phosphoric acid groups is 1. The molecule has 0 saturated heterocycles. The molecule has 0 aliphatic rings. The molecular weight excluding hydrogens is 729 g/mol. The third-order valence-electron chi connectivity index (χ3n) is 8.23. The minimum atomic E-state index is -4.45. The van der Waals surface area contributed by atoms with E-state index in [9.17, 15) is 23.8 Å². The maximum atomic E-state index is 12.5. The van der Waals surface area contributed by atoms with Crippen LogP contribution in [0.3, 0.4) is 0 Å². The number of hydrogen-bond donors (Lipinski definition) is 2. The van der Waals surface area contributed by atoms with Gasteiger partial charge in [-0.2, -0.15) is 0 Å². The van der Waals surface area contributed by atoms with Gasteiger partial charge in [0.1, 0.15) is 6.61 Å². The lowest BCUT2D eigenvalue weighted by molar-refractivity contribution is -0.161. The van der Waals surface area contributed by atoms with E-state index in [4.69, 9.17) is 24.3 Å². The van der Waals surface area contributed by atoms with Crippen molar-refractivity contribution in [2.45, 2.75) is 155 Å². The number of hydrogen-bond acceptors (Lipinski definition) is 9. The Balaban J connectivity index is 4.44. The number of ketones is 1. The zero-order chi connectivity index (χ0) is 41.2. The van der Waals surface area contributed by atoms with Crippen molar-refractivity contribution in [3.05, 3.63) is 85.1 Å². The van der Waals surface area contributed by atoms with E-state index in [1.54, 1.807) is 6.08 Å². The third kappa shape index (κ3) is 39.1. The van der Waals surface area contributed by atoms with Gasteiger partial charge in [0.2, 0.25) is 0 Å². The minimum Gasteiger partial charge on any atom is -0.462 e. The molecule has 0 aromatic carbocycles. The number of allylic oxidation sites excluding steroid dienone is 14. The Bertz CT molecular complexity index is 1250. The molecule has 0 aliphatic carbocycles. The Hall–Kier alpha value is -3.14. The Morgan fingerprint density at radius 1 is 0.589 bits per heavy atom. The van der Waals surface area contributed by atoms with Crippen molar-refractivity contribution in [1.29, 1.82) is 0 Å². The summed E-state index contributed by atoms with van der Waals surface area (Å²) in [6.07, 6.45) is 46.2. The van der Waals surface area contributed by atoms with Crippen LogP contribution < -0.4 is 5.73 Å². The quantitative estimate of drug-likeness (QED) is 0.0154. The summed E-state index contributed by atoms with van der Waals surface area (Å²) in [5.74, 6) is -1.25. The average molecular weight is 804 g/mol. The topological polar surface area (TPSA) is 151 Å². The zero-order valence-electron chi connectivity index (χ0n) is 34.6. The van der Waals surface area contributed by atoms with Crippen molar-refractivity contribution < 1.29 is 42.4 Å². The van der Waals surface area contributed by atoms with Gasteiger partial charge in [-0.1, -0.05) is 131 Å². The highest BCUT2D eigenvalue weighted by Gasteiger charge is 2.26. The van der Waals surface area contributed by atoms with Crippen molar-refractivity contribution >= 4 is 25.5 Å². The van der Waals surface area contributed by atoms with Gasteiger partial charge in [0, 0.05) is 25.8 Å². The number of carbonyl (C=O) groups excluding carboxylic acids is 3. The molecule has 0 aromatic heterocycles. The predicted molar refractivity (Wildman–Crippen MR) is 229 cm³/mol. The number of esters is 2. The van der Waals surface area contributed by atoms with Crippen LogP contribution in [0.2, 0.25) is 0 Å². The van der Waals surface area contributed by atoms with E-state index >= 15 is 0 Å². The van der Waals surface area contributed by atoms with Crippen LogP contribution in [0.5, 0.6) is 0 Å². The molecule has 0 rings (SSSR count). The molecule has 11 heteroatoms. The molecule has 0 heterocycles. The molecule has 0 bridgehead atoms. The second-order valence-corrected chi connectivity index (χ2v) is 15.0. The van der Waals surface area contributed by atoms with E-state index in [1.807, 2.05) is 12.2 Å². The summed E-state index contributed by atoms with van der Waals surface area (Å²) < 4.78 is 32.5. The van der Waals surface area contributed by atoms with E-state index in [0.29, 0.717) is 6.42 Å². The lowest BCUT2D eigenvalue weighted by Crippen LogP contribution is -2.29. The molecule has 0 saturated carbocycles. The van der Waals surface area contributed by atoms with Crippen molar-refractivity contribution in [2.75, 3.05) is 26.4 Å². The summed E-state index contributed by atoms with van der Waals surface area (Å²) in [5, 5.41) is 0. The molecule has 0 radical (unpaired) electrons. The number of rotatable bonds is 38. The fraction of sp³-hybridized carbons (Fsp3) is 0.622. The lowest BCUT2D eigenvalue weighted by atomic mass is 10.1. The maximum Gasteiger partial charge on any atom is 0.472 e. The van der Waals surface area contributed by atoms with Crippen LogP contribution in [0.1, 0.15) is 149 Å². The first-order valence-electron chi connectivity index (χ1n) is 21.0. The maximum absolute atomic E-state index is 12.5. The molecule has 2 atom stereocenters. The normalized spacial score (nSPS) is 14.1. The van der Waals surface area contributed by atoms with E-state index < -0.39 is 32.5 Å². The minimum absolute atomic E-state index is 0.00864. The number of nitrogens with two attached hydrogens (primary N) is 1. The third-order valence-corrected chi connectivity index (χ3v) is 9.21. The Morgan fingerprint density at radius 3 is 1.68 bits per heavy atom. The molecule has 0 aliphatic heterocycles. The van der Waals surface area contributed by atoms with Crippen molar-refractivity contribution in [2.24, 2.45) is 5.73 Å². The molecule has 56 heavy (non-hydrogen) atoms. The Labute approximate surface area is 339 Å². The first-order valence-corrected chi connectivity index (χ1v) is 22.5. The van der Waals surface area contributed by atoms with Gasteiger partial charge < -0.3 is 20.1 Å². The molecule has 1 unspecified atom stereocenters. The van der Waals surface area contributed by atoms with Gasteiger partial charge in [0.15, 0.2) is 11.9 Å². The van der Waals surface area contributed by atoms with Crippen LogP contribution in [0.25, 0.3) is 0 Å². The first kappa shape index (κ1) is 52.9. The van der Waals surface area contributed by atoms with Gasteiger partial charge in [-0.05, 0) is 83.1 Å². The second-order valence-electron chi connectivity index (χ2n) is 13.5. The predicted octanol–water partition coefficient (Wildman–Crippen LogP) is 11.2. The number of carbonyl (C=O) groups is 3. The van der Waals surface area contributed by atoms with E-state index in [-0.39, 0.29) is 51.2 Å². The highest BCUT2D eigenvalue weighted by molar-refractivity contribution is 7.47. The van der Waals surface area contributed by atoms with Gasteiger partial charge in [0.25, 0.3) is 0 Å². The van der Waals surface area contributed by atoms with Crippen LogP contribution in [0, 0.1) is 0 Å². The highest BCUT2D eigenvalue weighted by Crippen LogP contribution is 2.43. The molecule has 0 aromatic rings. The fourth-order valence-corrected chi connectivity index (χ4v) is 5.83. The first-order chi connectivity index (χ1) is 27.2. The summed E-state index contributed by atoms with van der Waals surface area (Å²) >= 11 is 0. The molecule has 0 fully saturated rings. The zero-order valence-corrected chi connectivity index (χ0v) is 35.5. The van der Waals surface area contributed by atoms with E-state index in [0.717, 1.165) is 57.8 Å². The molecule has 10 nitrogen and oxygen atoms in total. The van der Waals surface area contributed by atoms with Crippen LogP contribution in [-0.2, 0) is 37.5 Å². The van der Waals surface area contributed by atoms with Crippen LogP contribution in [0.15, 0.2) is 85.1 Å². The average Bonchev–Trinajstić information content (AvgIpc) is 3.18. The summed E-state index contributed by atoms with van der Waals surface area (Å²) in [4.78, 5) is 47.0. The molecule has 3 N–H and O–H groups in total. The fourth-order valence-electron chi connectivity index (χ4n) is 5.06. The standard InChI is InChI=1S/C45H74NO9P/c1-3-5-7-9-11-13-15-17-18-19-20-22-24-26-28-30-32-36-44(48)52-40-43(41-54-56(50,51)53-39-38-46)55-45(49)37-33-35-42(47)34-31-29-27-25-23-21-16-14-12-10-8-6-4-2/h11-14,17-18,20-23,27,29,31,34,43H,3-10,15-16,19,24-26,28,30,32-33,35-41,46H2,1-2H3,(H,50,51)/b13-11-,14-12-,18-17-,22-20-,23-21-,29-27-,34-31+/t43-/m1/s1. The largest absolute Gasteiger partial charge is 0.472 e. The molecular formula is C45H74NO9P. The van der Waals surface area contributed by atoms with E-state index in [1.165, 1.54) is 51.0 Å². The van der Waals surface area contributed by atoms with Crippen LogP contribution >= 0.6 is 7.82 Å². The Morgan fingerprint density at radius 2 is 1.11 bits per heavy atom. The summed E-state index contributed by atoms with van der Waals surface area (Å²) in [7, 11) is -4.45.